The molecule has 2 N–H and O–H groups in total. The van der Waals surface area contributed by atoms with E-state index in [1.807, 2.05) is 0 Å². The summed E-state index contributed by atoms with van der Waals surface area (Å²) in [5.41, 5.74) is 0. The summed E-state index contributed by atoms with van der Waals surface area (Å²) < 4.78 is 11.4. The number of urea groups is 2. The Hall–Kier alpha value is -2.60. The Bertz CT molecular complexity index is 1120. The first-order valence-corrected chi connectivity index (χ1v) is 24.1. The predicted octanol–water partition coefficient (Wildman–Crippen LogP) is 8.45. The monoisotopic (exact) mass is 797 g/mol. The van der Waals surface area contributed by atoms with Gasteiger partial charge in [0.25, 0.3) is 0 Å². The summed E-state index contributed by atoms with van der Waals surface area (Å²) in [6.45, 7) is 7.43. The maximum atomic E-state index is 14.0. The van der Waals surface area contributed by atoms with E-state index >= 15 is 0 Å². The zero-order chi connectivity index (χ0) is 39.3. The second-order valence-electron chi connectivity index (χ2n) is 17.9. The number of nitrogens with zero attached hydrogens (tertiary/aromatic N) is 6. The van der Waals surface area contributed by atoms with Gasteiger partial charge in [0.2, 0.25) is 11.9 Å². The summed E-state index contributed by atoms with van der Waals surface area (Å²) in [5, 5.41) is 6.67. The molecule has 4 saturated carbocycles. The molecule has 0 aromatic heterocycles. The number of ether oxygens (including phenoxy) is 2. The standard InChI is InChI=1S/C45H80N8O4/c54-44(52(40-24-14-8-15-25-40)42(50-30-34-56-35-31-50)48-38-20-10-6-11-21-38)46-28-18-4-2-1-3-5-19-29-47-45(55)53(41-26-16-9-17-27-41)43(51-32-36-57-37-33-51)49-39-22-12-7-13-23-39/h38-41H,1-37H2,(H,46,54)(H,47,55). The molecule has 0 atom stereocenters. The Labute approximate surface area is 345 Å². The molecule has 2 aliphatic heterocycles. The lowest BCUT2D eigenvalue weighted by molar-refractivity contribution is 0.0605. The first kappa shape index (κ1) is 44.0. The van der Waals surface area contributed by atoms with Crippen LogP contribution in [0.5, 0.6) is 0 Å². The summed E-state index contributed by atoms with van der Waals surface area (Å²) >= 11 is 0. The molecule has 12 heteroatoms. The molecule has 0 radical (unpaired) electrons. The second kappa shape index (κ2) is 25.1. The number of guanidine groups is 2. The van der Waals surface area contributed by atoms with Crippen LogP contribution in [0.4, 0.5) is 9.59 Å². The number of rotatable bonds is 14. The number of nitrogens with one attached hydrogen (secondary N) is 2. The number of carbonyl (C=O) groups is 2. The minimum Gasteiger partial charge on any atom is -0.378 e. The minimum absolute atomic E-state index is 0.0457. The van der Waals surface area contributed by atoms with Crippen molar-refractivity contribution in [3.05, 3.63) is 0 Å². The summed E-state index contributed by atoms with van der Waals surface area (Å²) in [4.78, 5) is 47.6. The fraction of sp³-hybridized carbons (Fsp3) is 0.911. The molecular formula is C45H80N8O4. The third-order valence-electron chi connectivity index (χ3n) is 13.5. The van der Waals surface area contributed by atoms with Gasteiger partial charge in [0, 0.05) is 51.4 Å². The van der Waals surface area contributed by atoms with Crippen molar-refractivity contribution in [3.63, 3.8) is 0 Å². The van der Waals surface area contributed by atoms with Gasteiger partial charge < -0.3 is 29.9 Å². The van der Waals surface area contributed by atoms with Gasteiger partial charge in [0.05, 0.1) is 38.5 Å². The molecule has 6 aliphatic rings. The van der Waals surface area contributed by atoms with Crippen LogP contribution in [0.25, 0.3) is 0 Å². The summed E-state index contributed by atoms with van der Waals surface area (Å²) in [6, 6.07) is 1.19. The van der Waals surface area contributed by atoms with Crippen LogP contribution >= 0.6 is 0 Å². The van der Waals surface area contributed by atoms with Gasteiger partial charge in [-0.3, -0.25) is 9.80 Å². The highest BCUT2D eigenvalue weighted by atomic mass is 16.5. The Balaban J connectivity index is 0.920. The van der Waals surface area contributed by atoms with E-state index in [0.29, 0.717) is 51.6 Å². The first-order valence-electron chi connectivity index (χ1n) is 24.1. The fourth-order valence-corrected chi connectivity index (χ4v) is 10.1. The van der Waals surface area contributed by atoms with Crippen molar-refractivity contribution < 1.29 is 19.1 Å². The topological polar surface area (TPSA) is 114 Å². The summed E-state index contributed by atoms with van der Waals surface area (Å²) in [5.74, 6) is 1.83. The lowest BCUT2D eigenvalue weighted by Gasteiger charge is -2.41. The predicted molar refractivity (Wildman–Crippen MR) is 230 cm³/mol. The quantitative estimate of drug-likeness (QED) is 0.104. The molecule has 4 aliphatic carbocycles. The lowest BCUT2D eigenvalue weighted by Crippen LogP contribution is -2.58. The average Bonchev–Trinajstić information content (AvgIpc) is 3.27. The molecule has 0 bridgehead atoms. The molecule has 4 amide bonds. The summed E-state index contributed by atoms with van der Waals surface area (Å²) in [6.07, 6.45) is 31.4. The van der Waals surface area contributed by atoms with Crippen LogP contribution in [-0.2, 0) is 9.47 Å². The van der Waals surface area contributed by atoms with Crippen molar-refractivity contribution >= 4 is 24.0 Å². The van der Waals surface area contributed by atoms with Crippen LogP contribution in [-0.4, -0.2) is 133 Å². The van der Waals surface area contributed by atoms with Gasteiger partial charge in [-0.2, -0.15) is 0 Å². The van der Waals surface area contributed by atoms with E-state index in [0.717, 1.165) is 115 Å². The number of carbonyl (C=O) groups excluding carboxylic acids is 2. The smallest absolute Gasteiger partial charge is 0.324 e. The van der Waals surface area contributed by atoms with E-state index in [-0.39, 0.29) is 24.1 Å². The van der Waals surface area contributed by atoms with Gasteiger partial charge >= 0.3 is 12.1 Å². The highest BCUT2D eigenvalue weighted by Crippen LogP contribution is 2.28. The van der Waals surface area contributed by atoms with Gasteiger partial charge in [-0.05, 0) is 64.2 Å². The van der Waals surface area contributed by atoms with E-state index in [1.54, 1.807) is 0 Å². The number of unbranched alkanes of at least 4 members (excludes halogenated alkanes) is 6. The van der Waals surface area contributed by atoms with E-state index in [9.17, 15) is 9.59 Å². The molecule has 6 fully saturated rings. The molecule has 57 heavy (non-hydrogen) atoms. The lowest BCUT2D eigenvalue weighted by atomic mass is 9.94. The first-order chi connectivity index (χ1) is 28.2. The van der Waals surface area contributed by atoms with Crippen molar-refractivity contribution in [2.45, 2.75) is 198 Å². The third kappa shape index (κ3) is 14.3. The molecule has 6 rings (SSSR count). The van der Waals surface area contributed by atoms with Crippen LogP contribution < -0.4 is 10.6 Å². The zero-order valence-corrected chi connectivity index (χ0v) is 35.8. The normalized spacial score (nSPS) is 23.0. The van der Waals surface area contributed by atoms with Gasteiger partial charge in [0.1, 0.15) is 0 Å². The molecule has 324 valence electrons. The van der Waals surface area contributed by atoms with Crippen molar-refractivity contribution in [1.82, 2.24) is 30.2 Å². The second-order valence-corrected chi connectivity index (χ2v) is 17.9. The SMILES string of the molecule is O=C(NCCCCCCCCCNC(=O)N(C(=NC1CCCCC1)N1CCOCC1)C1CCCCC1)N(C(=NC1CCCCC1)N1CCOCC1)C1CCCCC1. The van der Waals surface area contributed by atoms with Crippen molar-refractivity contribution in [2.75, 3.05) is 65.7 Å². The fourth-order valence-electron chi connectivity index (χ4n) is 10.1. The van der Waals surface area contributed by atoms with Crippen LogP contribution in [0.1, 0.15) is 173 Å². The van der Waals surface area contributed by atoms with Crippen LogP contribution in [0.15, 0.2) is 9.98 Å². The minimum atomic E-state index is 0.0457. The van der Waals surface area contributed by atoms with Gasteiger partial charge in [0.15, 0.2) is 0 Å². The molecule has 2 saturated heterocycles. The highest BCUT2D eigenvalue weighted by Gasteiger charge is 2.35. The van der Waals surface area contributed by atoms with Gasteiger partial charge in [-0.1, -0.05) is 109 Å². The van der Waals surface area contributed by atoms with Gasteiger partial charge in [-0.25, -0.2) is 19.6 Å². The Morgan fingerprint density at radius 1 is 0.456 bits per heavy atom. The van der Waals surface area contributed by atoms with Crippen molar-refractivity contribution in [1.29, 1.82) is 0 Å². The van der Waals surface area contributed by atoms with E-state index in [2.05, 4.69) is 30.2 Å². The largest absolute Gasteiger partial charge is 0.378 e. The maximum absolute atomic E-state index is 14.0. The van der Waals surface area contributed by atoms with Crippen molar-refractivity contribution in [2.24, 2.45) is 9.98 Å². The highest BCUT2D eigenvalue weighted by molar-refractivity contribution is 5.97. The Morgan fingerprint density at radius 3 is 1.12 bits per heavy atom. The van der Waals surface area contributed by atoms with Crippen LogP contribution in [0.3, 0.4) is 0 Å². The molecule has 2 heterocycles. The number of hydrogen-bond acceptors (Lipinski definition) is 6. The number of hydrogen-bond donors (Lipinski definition) is 2. The molecule has 0 unspecified atom stereocenters. The van der Waals surface area contributed by atoms with E-state index in [4.69, 9.17) is 19.5 Å². The van der Waals surface area contributed by atoms with Crippen LogP contribution in [0.2, 0.25) is 0 Å². The molecular weight excluding hydrogens is 717 g/mol. The number of amides is 4. The maximum Gasteiger partial charge on any atom is 0.324 e. The van der Waals surface area contributed by atoms with Crippen molar-refractivity contribution in [3.8, 4) is 0 Å². The molecule has 0 spiro atoms. The van der Waals surface area contributed by atoms with E-state index < -0.39 is 0 Å². The van der Waals surface area contributed by atoms with Gasteiger partial charge in [-0.15, -0.1) is 0 Å². The summed E-state index contributed by atoms with van der Waals surface area (Å²) in [7, 11) is 0. The van der Waals surface area contributed by atoms with E-state index in [1.165, 1.54) is 96.3 Å². The number of aliphatic imine (C=N–C) groups is 2. The Morgan fingerprint density at radius 2 is 0.772 bits per heavy atom. The molecule has 0 aromatic rings. The average molecular weight is 797 g/mol. The Kier molecular flexibility index (Phi) is 19.4. The zero-order valence-electron chi connectivity index (χ0n) is 35.8. The third-order valence-corrected chi connectivity index (χ3v) is 13.5. The van der Waals surface area contributed by atoms with Crippen LogP contribution in [0, 0.1) is 0 Å². The molecule has 0 aromatic carbocycles. The number of morpholine rings is 2. The molecule has 12 nitrogen and oxygen atoms in total.